The Bertz CT molecular complexity index is 4700. The summed E-state index contributed by atoms with van der Waals surface area (Å²) in [7, 11) is 0. The van der Waals surface area contributed by atoms with Crippen molar-refractivity contribution in [1.82, 2.24) is 106 Å². The number of carbonyl (C=O) groups excluding carboxylic acids is 22. The largest absolute Gasteiger partial charge is 0.481 e. The van der Waals surface area contributed by atoms with Crippen LogP contribution in [0, 0.1) is 17.8 Å². The number of carboxylic acids is 1. The lowest BCUT2D eigenvalue weighted by atomic mass is 9.96. The minimum atomic E-state index is -1.92. The van der Waals surface area contributed by atoms with Crippen molar-refractivity contribution in [3.8, 4) is 0 Å². The van der Waals surface area contributed by atoms with Crippen LogP contribution in [0.25, 0.3) is 0 Å². The Balaban J connectivity index is 1.65. The van der Waals surface area contributed by atoms with Crippen molar-refractivity contribution in [2.45, 2.75) is 361 Å². The molecule has 3 rings (SSSR count). The molecule has 778 valence electrons. The molecule has 0 aromatic heterocycles. The molecule has 11 atom stereocenters. The van der Waals surface area contributed by atoms with E-state index >= 15 is 0 Å². The number of benzene rings is 1. The number of nitrogens with one attached hydrogen (secondary N) is 18. The molecular formula is C92H150N22O25. The summed E-state index contributed by atoms with van der Waals surface area (Å²) < 4.78 is 0. The van der Waals surface area contributed by atoms with Gasteiger partial charge in [0.1, 0.15) is 105 Å². The molecule has 47 nitrogen and oxygen atoms in total. The zero-order chi connectivity index (χ0) is 107. The number of nitrogens with two attached hydrogens (primary N) is 2. The van der Waals surface area contributed by atoms with Gasteiger partial charge in [-0.25, -0.2) is 0 Å². The van der Waals surface area contributed by atoms with Crippen LogP contribution in [0.5, 0.6) is 0 Å². The molecule has 0 spiro atoms. The lowest BCUT2D eigenvalue weighted by molar-refractivity contribution is -0.146. The fourth-order valence-electron chi connectivity index (χ4n) is 14.8. The Kier molecular flexibility index (Phi) is 44.1. The predicted octanol–water partition coefficient (Wildman–Crippen LogP) is -4.35. The molecule has 0 saturated carbocycles. The van der Waals surface area contributed by atoms with E-state index in [1.165, 1.54) is 141 Å². The van der Waals surface area contributed by atoms with Crippen LogP contribution in [0.15, 0.2) is 30.3 Å². The monoisotopic (exact) mass is 1960 g/mol. The smallest absolute Gasteiger partial charge is 0.303 e. The molecule has 0 bridgehead atoms. The van der Waals surface area contributed by atoms with E-state index in [9.17, 15) is 120 Å². The number of carboxylic acid groups (broad SMARTS) is 1. The number of primary amides is 2. The Morgan fingerprint density at radius 1 is 0.381 bits per heavy atom. The molecule has 2 fully saturated rings. The second-order valence-electron chi connectivity index (χ2n) is 40.8. The number of hydrogen-bond donors (Lipinski definition) is 22. The average molecular weight is 1960 g/mol. The standard InChI is InChI=1S/C92H150N22O25/c1-47(2)43-58(72(127)108-92(24,25)84(139)113-41-29-33-59(113)73(128)103-65(48(3)4)75(130)111-90(20,21)82(137)112-89(18,19)80(135)102-56(37-40-64(120)121)70(125)101-55(35-38-61(93)117)69(124)98-54(46-115)44-53-31-27-26-28-32-53)99-63(119)45-95-77(132)85(10,11)110-76(131)66(49(5)6)104-81(136)88(16,17)107-71(126)57(36-39-62(94)118)100-67(122)50(7)96-78(133)86(12,13)106-68(123)51(8)97-79(134)87(14,15)109-74(129)60-34-30-42-114(60)83(138)91(22,23)105-52(9)116/h26-28,31-32,47-51,54-60,65-66,115H,29-30,33-46H2,1-25H3,(H2,93,117)(H2,94,118)(H,95,132)(H,96,133)(H,97,134)(H,98,124)(H,99,119)(H,100,122)(H,101,125)(H,102,135)(H,103,128)(H,104,136)(H,105,116)(H,106,123)(H,107,126)(H,108,127)(H,109,129)(H,110,131)(H,111,130)(H,112,137)(H,120,121)/t50-,51-,54-,55+,56+,57+,58+,59+,60+,65+,66+/m1/s1. The van der Waals surface area contributed by atoms with Gasteiger partial charge in [-0.15, -0.1) is 0 Å². The van der Waals surface area contributed by atoms with Gasteiger partial charge in [0.25, 0.3) is 0 Å². The quantitative estimate of drug-likeness (QED) is 0.0293. The molecule has 2 aliphatic heterocycles. The average Bonchev–Trinajstić information content (AvgIpc) is 1.63. The highest BCUT2D eigenvalue weighted by molar-refractivity contribution is 6.05. The van der Waals surface area contributed by atoms with Crippen LogP contribution >= 0.6 is 0 Å². The maximum atomic E-state index is 14.6. The van der Waals surface area contributed by atoms with Gasteiger partial charge in [-0.2, -0.15) is 0 Å². The number of rotatable bonds is 53. The van der Waals surface area contributed by atoms with Gasteiger partial charge < -0.3 is 127 Å². The summed E-state index contributed by atoms with van der Waals surface area (Å²) >= 11 is 0. The van der Waals surface area contributed by atoms with Crippen LogP contribution in [0.3, 0.4) is 0 Å². The molecule has 2 heterocycles. The lowest BCUT2D eigenvalue weighted by Gasteiger charge is -2.36. The van der Waals surface area contributed by atoms with Crippen molar-refractivity contribution in [3.05, 3.63) is 35.9 Å². The van der Waals surface area contributed by atoms with Crippen molar-refractivity contribution in [1.29, 1.82) is 0 Å². The molecular weight excluding hydrogens is 1810 g/mol. The maximum Gasteiger partial charge on any atom is 0.303 e. The van der Waals surface area contributed by atoms with Gasteiger partial charge >= 0.3 is 5.97 Å². The highest BCUT2D eigenvalue weighted by atomic mass is 16.4. The summed E-state index contributed by atoms with van der Waals surface area (Å²) in [5.74, 6) is -21.7. The number of aliphatic hydroxyl groups excluding tert-OH is 1. The number of aliphatic carboxylic acids is 1. The third kappa shape index (κ3) is 37.3. The molecule has 139 heavy (non-hydrogen) atoms. The van der Waals surface area contributed by atoms with Gasteiger partial charge in [0.15, 0.2) is 0 Å². The summed E-state index contributed by atoms with van der Waals surface area (Å²) in [6.45, 7) is 33.8. The van der Waals surface area contributed by atoms with Crippen LogP contribution in [0.2, 0.25) is 0 Å². The van der Waals surface area contributed by atoms with E-state index < -0.39 is 304 Å². The first-order valence-corrected chi connectivity index (χ1v) is 46.4. The molecule has 47 heteroatoms. The van der Waals surface area contributed by atoms with Crippen molar-refractivity contribution in [2.75, 3.05) is 26.2 Å². The number of carbonyl (C=O) groups is 23. The molecule has 2 aliphatic rings. The van der Waals surface area contributed by atoms with E-state index in [2.05, 4.69) is 95.7 Å². The molecule has 0 unspecified atom stereocenters. The second kappa shape index (κ2) is 51.1. The molecule has 0 aliphatic carbocycles. The Morgan fingerprint density at radius 2 is 0.755 bits per heavy atom. The van der Waals surface area contributed by atoms with E-state index in [4.69, 9.17) is 11.5 Å². The van der Waals surface area contributed by atoms with Crippen molar-refractivity contribution in [2.24, 2.45) is 29.2 Å². The van der Waals surface area contributed by atoms with Crippen LogP contribution in [-0.4, -0.2) is 293 Å². The van der Waals surface area contributed by atoms with Crippen molar-refractivity contribution in [3.63, 3.8) is 0 Å². The van der Waals surface area contributed by atoms with Gasteiger partial charge in [-0.1, -0.05) is 71.9 Å². The minimum Gasteiger partial charge on any atom is -0.481 e. The number of amides is 22. The van der Waals surface area contributed by atoms with Crippen LogP contribution in [0.4, 0.5) is 0 Å². The van der Waals surface area contributed by atoms with Crippen molar-refractivity contribution < 1.29 is 120 Å². The highest BCUT2D eigenvalue weighted by Crippen LogP contribution is 2.27. The normalized spacial score (nSPS) is 16.2. The molecule has 2 saturated heterocycles. The van der Waals surface area contributed by atoms with Gasteiger partial charge in [0, 0.05) is 39.3 Å². The molecule has 0 radical (unpaired) electrons. The van der Waals surface area contributed by atoms with Crippen molar-refractivity contribution >= 4 is 136 Å². The molecule has 22 amide bonds. The number of nitrogens with zero attached hydrogens (tertiary/aromatic N) is 2. The topological polar surface area (TPSA) is 708 Å². The van der Waals surface area contributed by atoms with Crippen LogP contribution in [-0.2, 0) is 117 Å². The highest BCUT2D eigenvalue weighted by Gasteiger charge is 2.49. The van der Waals surface area contributed by atoms with E-state index in [-0.39, 0.29) is 51.1 Å². The number of aliphatic hydroxyl groups is 1. The summed E-state index contributed by atoms with van der Waals surface area (Å²) in [6, 6.07) is -5.82. The molecule has 1 aromatic rings. The summed E-state index contributed by atoms with van der Waals surface area (Å²) in [5, 5.41) is 65.4. The molecule has 1 aromatic carbocycles. The van der Waals surface area contributed by atoms with Crippen LogP contribution < -0.4 is 107 Å². The fraction of sp³-hybridized carbons (Fsp3) is 0.685. The zero-order valence-corrected chi connectivity index (χ0v) is 84.6. The number of hydrogen-bond acceptors (Lipinski definition) is 24. The third-order valence-electron chi connectivity index (χ3n) is 23.2. The van der Waals surface area contributed by atoms with Gasteiger partial charge in [0.2, 0.25) is 130 Å². The first kappa shape index (κ1) is 120. The third-order valence-corrected chi connectivity index (χ3v) is 23.2. The second-order valence-corrected chi connectivity index (χ2v) is 40.8. The Hall–Kier alpha value is -13.0. The van der Waals surface area contributed by atoms with Gasteiger partial charge in [-0.3, -0.25) is 110 Å². The lowest BCUT2D eigenvalue weighted by Crippen LogP contribution is -2.66. The van der Waals surface area contributed by atoms with Crippen LogP contribution in [0.1, 0.15) is 249 Å². The first-order chi connectivity index (χ1) is 63.8. The van der Waals surface area contributed by atoms with E-state index in [1.807, 2.05) is 0 Å². The first-order valence-electron chi connectivity index (χ1n) is 46.4. The molecule has 24 N–H and O–H groups in total. The zero-order valence-electron chi connectivity index (χ0n) is 84.6. The van der Waals surface area contributed by atoms with Gasteiger partial charge in [-0.05, 0) is 206 Å². The maximum absolute atomic E-state index is 14.6. The van der Waals surface area contributed by atoms with E-state index in [0.717, 1.165) is 5.56 Å². The SMILES string of the molecule is CC(=O)NC(C)(C)C(=O)N1CCC[C@H]1C(=O)NC(C)(C)C(=O)N[C@H](C)C(=O)NC(C)(C)C(=O)N[C@H](C)C(=O)N[C@@H](CCC(N)=O)C(=O)NC(C)(C)C(=O)N[C@H](C(=O)NC(C)(C)C(=O)NCC(=O)N[C@@H](CC(C)C)C(=O)NC(C)(C)C(=O)N1CCC[C@H]1C(=O)N[C@H](C(=O)NC(C)(C)C(=O)NC(C)(C)C(=O)N[C@@H](CCC(=O)O)C(=O)N[C@@H](CCC(N)=O)C(=O)N[C@@H](CO)Cc1ccccc1)C(C)C)C(C)C. The Labute approximate surface area is 810 Å². The summed E-state index contributed by atoms with van der Waals surface area (Å²) in [5.41, 5.74) is -2.50. The van der Waals surface area contributed by atoms with E-state index in [1.54, 1.807) is 71.9 Å². The Morgan fingerprint density at radius 3 is 1.22 bits per heavy atom. The van der Waals surface area contributed by atoms with E-state index in [0.29, 0.717) is 12.8 Å². The summed E-state index contributed by atoms with van der Waals surface area (Å²) in [6.07, 6.45) is -1.46. The minimum absolute atomic E-state index is 0.00371. The predicted molar refractivity (Wildman–Crippen MR) is 505 cm³/mol. The fourth-order valence-corrected chi connectivity index (χ4v) is 14.8. The van der Waals surface area contributed by atoms with Gasteiger partial charge in [0.05, 0.1) is 19.2 Å². The number of likely N-dealkylation sites (tertiary alicyclic amines) is 2. The summed E-state index contributed by atoms with van der Waals surface area (Å²) in [4.78, 5) is 315.